The summed E-state index contributed by atoms with van der Waals surface area (Å²) in [6.07, 6.45) is 0.221. The highest BCUT2D eigenvalue weighted by molar-refractivity contribution is 6.35. The molecule has 0 unspecified atom stereocenters. The fourth-order valence-corrected chi connectivity index (χ4v) is 2.48. The zero-order valence-corrected chi connectivity index (χ0v) is 13.6. The largest absolute Gasteiger partial charge is 0.384 e. The third-order valence-electron chi connectivity index (χ3n) is 2.75. The maximum atomic E-state index is 13.0. The van der Waals surface area contributed by atoms with Crippen molar-refractivity contribution < 1.29 is 9.18 Å². The summed E-state index contributed by atoms with van der Waals surface area (Å²) in [6, 6.07) is 9.06. The zero-order valence-electron chi connectivity index (χ0n) is 11.3. The van der Waals surface area contributed by atoms with Crippen molar-refractivity contribution in [2.24, 2.45) is 0 Å². The zero-order chi connectivity index (χ0) is 16.1. The number of halogens is 4. The van der Waals surface area contributed by atoms with Gasteiger partial charge in [0.2, 0.25) is 5.91 Å². The average molecular weight is 362 g/mol. The molecule has 3 nitrogen and oxygen atoms in total. The fourth-order valence-electron chi connectivity index (χ4n) is 1.77. The highest BCUT2D eigenvalue weighted by Crippen LogP contribution is 2.22. The Bertz CT molecular complexity index is 674. The SMILES string of the molecule is O=C(CCNc1cc(Cl)cc(Cl)c1)Nc1ccc(F)c(Cl)c1. The first-order valence-electron chi connectivity index (χ1n) is 6.39. The van der Waals surface area contributed by atoms with Gasteiger partial charge in [-0.15, -0.1) is 0 Å². The molecule has 22 heavy (non-hydrogen) atoms. The second-order valence-electron chi connectivity index (χ2n) is 4.51. The van der Waals surface area contributed by atoms with Crippen molar-refractivity contribution in [3.8, 4) is 0 Å². The second-order valence-corrected chi connectivity index (χ2v) is 5.79. The van der Waals surface area contributed by atoms with Crippen LogP contribution in [0.4, 0.5) is 15.8 Å². The predicted octanol–water partition coefficient (Wildman–Crippen LogP) is 5.23. The van der Waals surface area contributed by atoms with Gasteiger partial charge < -0.3 is 10.6 Å². The summed E-state index contributed by atoms with van der Waals surface area (Å²) < 4.78 is 13.0. The number of rotatable bonds is 5. The lowest BCUT2D eigenvalue weighted by Crippen LogP contribution is -2.16. The molecule has 0 atom stereocenters. The van der Waals surface area contributed by atoms with Crippen LogP contribution in [0.3, 0.4) is 0 Å². The molecule has 0 aromatic heterocycles. The lowest BCUT2D eigenvalue weighted by molar-refractivity contribution is -0.115. The van der Waals surface area contributed by atoms with Crippen molar-refractivity contribution in [3.63, 3.8) is 0 Å². The number of carbonyl (C=O) groups is 1. The summed E-state index contributed by atoms with van der Waals surface area (Å²) in [5.74, 6) is -0.748. The normalized spacial score (nSPS) is 10.4. The first-order chi connectivity index (χ1) is 10.4. The van der Waals surface area contributed by atoms with E-state index in [0.717, 1.165) is 5.69 Å². The number of anilines is 2. The standard InChI is InChI=1S/C15H12Cl3FN2O/c16-9-5-10(17)7-12(6-9)20-4-3-15(22)21-11-1-2-14(19)13(18)8-11/h1-2,5-8,20H,3-4H2,(H,21,22). The molecule has 2 aromatic carbocycles. The summed E-state index contributed by atoms with van der Waals surface area (Å²) >= 11 is 17.4. The number of nitrogens with one attached hydrogen (secondary N) is 2. The minimum atomic E-state index is -0.529. The first-order valence-corrected chi connectivity index (χ1v) is 7.52. The van der Waals surface area contributed by atoms with Crippen molar-refractivity contribution in [2.45, 2.75) is 6.42 Å². The van der Waals surface area contributed by atoms with Crippen LogP contribution >= 0.6 is 34.8 Å². The van der Waals surface area contributed by atoms with Crippen LogP contribution in [0.2, 0.25) is 15.1 Å². The van der Waals surface area contributed by atoms with Crippen molar-refractivity contribution >= 4 is 52.1 Å². The van der Waals surface area contributed by atoms with Crippen molar-refractivity contribution in [1.82, 2.24) is 0 Å². The van der Waals surface area contributed by atoms with Crippen molar-refractivity contribution in [3.05, 3.63) is 57.3 Å². The summed E-state index contributed by atoms with van der Waals surface area (Å²) in [5.41, 5.74) is 1.18. The Morgan fingerprint density at radius 2 is 1.68 bits per heavy atom. The molecule has 0 saturated carbocycles. The quantitative estimate of drug-likeness (QED) is 0.766. The Balaban J connectivity index is 1.83. The smallest absolute Gasteiger partial charge is 0.226 e. The number of amides is 1. The van der Waals surface area contributed by atoms with Crippen LogP contribution in [0, 0.1) is 5.82 Å². The van der Waals surface area contributed by atoms with Gasteiger partial charge in [0, 0.05) is 34.4 Å². The minimum absolute atomic E-state index is 0.0375. The summed E-state index contributed by atoms with van der Waals surface area (Å²) in [5, 5.41) is 6.68. The maximum absolute atomic E-state index is 13.0. The third-order valence-corrected chi connectivity index (χ3v) is 3.47. The van der Waals surface area contributed by atoms with Crippen LogP contribution < -0.4 is 10.6 Å². The topological polar surface area (TPSA) is 41.1 Å². The number of carbonyl (C=O) groups excluding carboxylic acids is 1. The van der Waals surface area contributed by atoms with Gasteiger partial charge in [0.1, 0.15) is 5.82 Å². The Morgan fingerprint density at radius 3 is 2.32 bits per heavy atom. The molecule has 0 aliphatic heterocycles. The predicted molar refractivity (Wildman–Crippen MR) is 89.6 cm³/mol. The van der Waals surface area contributed by atoms with E-state index < -0.39 is 5.82 Å². The molecule has 0 spiro atoms. The molecule has 0 radical (unpaired) electrons. The van der Waals surface area contributed by atoms with Gasteiger partial charge in [-0.05, 0) is 36.4 Å². The van der Waals surface area contributed by atoms with Gasteiger partial charge in [0.05, 0.1) is 5.02 Å². The van der Waals surface area contributed by atoms with Gasteiger partial charge in [-0.25, -0.2) is 4.39 Å². The third kappa shape index (κ3) is 5.05. The Kier molecular flexibility index (Phi) is 5.89. The van der Waals surface area contributed by atoms with Gasteiger partial charge in [-0.3, -0.25) is 4.79 Å². The van der Waals surface area contributed by atoms with E-state index in [9.17, 15) is 9.18 Å². The van der Waals surface area contributed by atoms with Gasteiger partial charge in [-0.2, -0.15) is 0 Å². The first kappa shape index (κ1) is 16.9. The molecule has 0 heterocycles. The summed E-state index contributed by atoms with van der Waals surface area (Å²) in [4.78, 5) is 11.8. The highest BCUT2D eigenvalue weighted by atomic mass is 35.5. The maximum Gasteiger partial charge on any atom is 0.226 e. The van der Waals surface area contributed by atoms with Crippen LogP contribution in [-0.4, -0.2) is 12.5 Å². The monoisotopic (exact) mass is 360 g/mol. The van der Waals surface area contributed by atoms with Crippen LogP contribution in [-0.2, 0) is 4.79 Å². The van der Waals surface area contributed by atoms with Crippen LogP contribution in [0.1, 0.15) is 6.42 Å². The molecule has 0 bridgehead atoms. The molecule has 2 N–H and O–H groups in total. The molecule has 0 aliphatic carbocycles. The Labute approximate surface area is 142 Å². The summed E-state index contributed by atoms with van der Waals surface area (Å²) in [7, 11) is 0. The lowest BCUT2D eigenvalue weighted by atomic mass is 10.3. The molecule has 0 fully saturated rings. The molecule has 7 heteroatoms. The van der Waals surface area contributed by atoms with Crippen LogP contribution in [0.15, 0.2) is 36.4 Å². The molecular weight excluding hydrogens is 350 g/mol. The van der Waals surface area contributed by atoms with E-state index in [2.05, 4.69) is 10.6 Å². The molecule has 0 aliphatic rings. The van der Waals surface area contributed by atoms with E-state index in [0.29, 0.717) is 22.3 Å². The van der Waals surface area contributed by atoms with Gasteiger partial charge in [-0.1, -0.05) is 34.8 Å². The summed E-state index contributed by atoms with van der Waals surface area (Å²) in [6.45, 7) is 0.400. The van der Waals surface area contributed by atoms with Crippen molar-refractivity contribution in [2.75, 3.05) is 17.2 Å². The van der Waals surface area contributed by atoms with E-state index >= 15 is 0 Å². The lowest BCUT2D eigenvalue weighted by Gasteiger charge is -2.09. The van der Waals surface area contributed by atoms with E-state index in [1.165, 1.54) is 18.2 Å². The molecule has 1 amide bonds. The minimum Gasteiger partial charge on any atom is -0.384 e. The Morgan fingerprint density at radius 1 is 1.00 bits per heavy atom. The molecule has 0 saturated heterocycles. The number of hydrogen-bond donors (Lipinski definition) is 2. The van der Waals surface area contributed by atoms with Gasteiger partial charge >= 0.3 is 0 Å². The van der Waals surface area contributed by atoms with Crippen LogP contribution in [0.5, 0.6) is 0 Å². The average Bonchev–Trinajstić information content (AvgIpc) is 2.42. The highest BCUT2D eigenvalue weighted by Gasteiger charge is 2.05. The fraction of sp³-hybridized carbons (Fsp3) is 0.133. The number of benzene rings is 2. The molecule has 116 valence electrons. The molecule has 2 aromatic rings. The van der Waals surface area contributed by atoms with E-state index in [1.54, 1.807) is 18.2 Å². The van der Waals surface area contributed by atoms with Gasteiger partial charge in [0.25, 0.3) is 0 Å². The van der Waals surface area contributed by atoms with Crippen LogP contribution in [0.25, 0.3) is 0 Å². The second kappa shape index (κ2) is 7.68. The van der Waals surface area contributed by atoms with E-state index in [-0.39, 0.29) is 17.4 Å². The van der Waals surface area contributed by atoms with E-state index in [4.69, 9.17) is 34.8 Å². The molecular formula is C15H12Cl3FN2O. The Hall–Kier alpha value is -1.49. The molecule has 2 rings (SSSR count). The van der Waals surface area contributed by atoms with E-state index in [1.807, 2.05) is 0 Å². The van der Waals surface area contributed by atoms with Crippen molar-refractivity contribution in [1.29, 1.82) is 0 Å². The number of hydrogen-bond acceptors (Lipinski definition) is 2. The van der Waals surface area contributed by atoms with Gasteiger partial charge in [0.15, 0.2) is 0 Å².